The van der Waals surface area contributed by atoms with Gasteiger partial charge in [0, 0.05) is 10.2 Å². The minimum atomic E-state index is -2.95. The van der Waals surface area contributed by atoms with E-state index in [0.717, 1.165) is 10.2 Å². The zero-order valence-electron chi connectivity index (χ0n) is 9.34. The lowest BCUT2D eigenvalue weighted by Gasteiger charge is -2.23. The van der Waals surface area contributed by atoms with Crippen molar-refractivity contribution in [2.75, 3.05) is 16.4 Å². The molecule has 2 aliphatic rings. The number of thiocarbonyl (C=S) groups is 1. The molecule has 2 heterocycles. The summed E-state index contributed by atoms with van der Waals surface area (Å²) in [5.74, 6) is 0.339. The van der Waals surface area contributed by atoms with Crippen LogP contribution in [0.1, 0.15) is 0 Å². The molecule has 2 aliphatic heterocycles. The van der Waals surface area contributed by atoms with E-state index in [-0.39, 0.29) is 23.6 Å². The number of hydrogen-bond donors (Lipinski definition) is 1. The smallest absolute Gasteiger partial charge is 0.174 e. The molecule has 1 aromatic rings. The Hall–Kier alpha value is -0.660. The quantitative estimate of drug-likeness (QED) is 0.777. The molecule has 0 aromatic heterocycles. The van der Waals surface area contributed by atoms with Crippen LogP contribution in [0.3, 0.4) is 0 Å². The van der Waals surface area contributed by atoms with Crippen LogP contribution in [-0.4, -0.2) is 37.1 Å². The largest absolute Gasteiger partial charge is 0.356 e. The van der Waals surface area contributed by atoms with Crippen LogP contribution >= 0.6 is 28.1 Å². The van der Waals surface area contributed by atoms with Gasteiger partial charge >= 0.3 is 0 Å². The fourth-order valence-electron chi connectivity index (χ4n) is 2.51. The monoisotopic (exact) mass is 346 g/mol. The van der Waals surface area contributed by atoms with E-state index in [0.29, 0.717) is 5.11 Å². The summed E-state index contributed by atoms with van der Waals surface area (Å²) in [6, 6.07) is 7.56. The number of benzene rings is 1. The van der Waals surface area contributed by atoms with Crippen LogP contribution in [0, 0.1) is 0 Å². The fraction of sp³-hybridized carbons (Fsp3) is 0.364. The Morgan fingerprint density at radius 2 is 1.94 bits per heavy atom. The number of rotatable bonds is 1. The second-order valence-corrected chi connectivity index (χ2v) is 8.00. The van der Waals surface area contributed by atoms with Gasteiger partial charge in [0.05, 0.1) is 23.6 Å². The molecule has 96 valence electrons. The van der Waals surface area contributed by atoms with Gasteiger partial charge in [-0.25, -0.2) is 8.42 Å². The third-order valence-corrected chi connectivity index (χ3v) is 5.85. The summed E-state index contributed by atoms with van der Waals surface area (Å²) in [4.78, 5) is 1.91. The van der Waals surface area contributed by atoms with E-state index >= 15 is 0 Å². The number of anilines is 1. The molecule has 0 amide bonds. The summed E-state index contributed by atoms with van der Waals surface area (Å²) >= 11 is 8.67. The van der Waals surface area contributed by atoms with Gasteiger partial charge in [-0.1, -0.05) is 15.9 Å². The van der Waals surface area contributed by atoms with E-state index < -0.39 is 9.84 Å². The Morgan fingerprint density at radius 3 is 2.61 bits per heavy atom. The van der Waals surface area contributed by atoms with Gasteiger partial charge in [-0.15, -0.1) is 0 Å². The van der Waals surface area contributed by atoms with Crippen molar-refractivity contribution < 1.29 is 8.42 Å². The first-order chi connectivity index (χ1) is 8.46. The molecule has 4 nitrogen and oxygen atoms in total. The highest BCUT2D eigenvalue weighted by Crippen LogP contribution is 2.30. The molecule has 0 spiro atoms. The van der Waals surface area contributed by atoms with Crippen molar-refractivity contribution in [1.82, 2.24) is 5.32 Å². The third-order valence-electron chi connectivity index (χ3n) is 3.29. The standard InChI is InChI=1S/C11H11BrN2O2S2/c12-7-1-3-8(4-2-7)14-10-6-18(15,16)5-9(10)13-11(14)17/h1-4,9-10H,5-6H2,(H,13,17)/t9-,10+/m0/s1. The highest BCUT2D eigenvalue weighted by atomic mass is 79.9. The molecule has 2 fully saturated rings. The maximum atomic E-state index is 11.7. The molecule has 0 bridgehead atoms. The molecule has 0 saturated carbocycles. The summed E-state index contributed by atoms with van der Waals surface area (Å²) in [6.45, 7) is 0. The van der Waals surface area contributed by atoms with E-state index in [1.807, 2.05) is 29.2 Å². The van der Waals surface area contributed by atoms with Gasteiger partial charge < -0.3 is 10.2 Å². The Morgan fingerprint density at radius 1 is 1.28 bits per heavy atom. The average Bonchev–Trinajstić information content (AvgIpc) is 2.70. The van der Waals surface area contributed by atoms with Gasteiger partial charge in [0.2, 0.25) is 0 Å². The Balaban J connectivity index is 1.96. The third kappa shape index (κ3) is 2.04. The van der Waals surface area contributed by atoms with Gasteiger partial charge in [0.15, 0.2) is 14.9 Å². The van der Waals surface area contributed by atoms with Gasteiger partial charge in [-0.2, -0.15) is 0 Å². The number of hydrogen-bond acceptors (Lipinski definition) is 3. The molecular weight excluding hydrogens is 336 g/mol. The summed E-state index contributed by atoms with van der Waals surface area (Å²) in [6.07, 6.45) is 0. The van der Waals surface area contributed by atoms with E-state index in [9.17, 15) is 8.42 Å². The molecule has 0 unspecified atom stereocenters. The lowest BCUT2D eigenvalue weighted by molar-refractivity contribution is 0.600. The minimum absolute atomic E-state index is 0.0776. The summed E-state index contributed by atoms with van der Waals surface area (Å²) in [5, 5.41) is 3.71. The first-order valence-electron chi connectivity index (χ1n) is 5.52. The molecule has 3 rings (SSSR count). The van der Waals surface area contributed by atoms with Crippen LogP contribution in [-0.2, 0) is 9.84 Å². The molecule has 2 atom stereocenters. The van der Waals surface area contributed by atoms with Crippen LogP contribution in [0.15, 0.2) is 28.7 Å². The SMILES string of the molecule is O=S1(=O)C[C@@H]2NC(=S)N(c3ccc(Br)cc3)[C@@H]2C1. The number of sulfone groups is 1. The number of halogens is 1. The fourth-order valence-corrected chi connectivity index (χ4v) is 5.06. The van der Waals surface area contributed by atoms with E-state index in [1.165, 1.54) is 0 Å². The minimum Gasteiger partial charge on any atom is -0.356 e. The Labute approximate surface area is 119 Å². The second-order valence-electron chi connectivity index (χ2n) is 4.55. The zero-order valence-corrected chi connectivity index (χ0v) is 12.6. The summed E-state index contributed by atoms with van der Waals surface area (Å²) in [7, 11) is -2.95. The topological polar surface area (TPSA) is 49.4 Å². The van der Waals surface area contributed by atoms with Crippen LogP contribution in [0.4, 0.5) is 5.69 Å². The first-order valence-corrected chi connectivity index (χ1v) is 8.54. The Bertz CT molecular complexity index is 600. The molecule has 1 aromatic carbocycles. The van der Waals surface area contributed by atoms with Crippen LogP contribution in [0.5, 0.6) is 0 Å². The summed E-state index contributed by atoms with van der Waals surface area (Å²) < 4.78 is 24.3. The molecule has 0 aliphatic carbocycles. The molecular formula is C11H11BrN2O2S2. The number of fused-ring (bicyclic) bond motifs is 1. The highest BCUT2D eigenvalue weighted by molar-refractivity contribution is 9.10. The molecule has 7 heteroatoms. The maximum Gasteiger partial charge on any atom is 0.174 e. The second kappa shape index (κ2) is 4.18. The van der Waals surface area contributed by atoms with Crippen molar-refractivity contribution in [2.24, 2.45) is 0 Å². The highest BCUT2D eigenvalue weighted by Gasteiger charge is 2.47. The number of nitrogens with zero attached hydrogens (tertiary/aromatic N) is 1. The predicted molar refractivity (Wildman–Crippen MR) is 78.6 cm³/mol. The predicted octanol–water partition coefficient (Wildman–Crippen LogP) is 1.31. The molecule has 1 N–H and O–H groups in total. The van der Waals surface area contributed by atoms with Crippen molar-refractivity contribution in [2.45, 2.75) is 12.1 Å². The van der Waals surface area contributed by atoms with E-state index in [2.05, 4.69) is 21.2 Å². The van der Waals surface area contributed by atoms with Gasteiger partial charge in [-0.05, 0) is 36.5 Å². The van der Waals surface area contributed by atoms with Gasteiger partial charge in [-0.3, -0.25) is 0 Å². The van der Waals surface area contributed by atoms with E-state index in [1.54, 1.807) is 0 Å². The van der Waals surface area contributed by atoms with Crippen molar-refractivity contribution in [3.05, 3.63) is 28.7 Å². The zero-order chi connectivity index (χ0) is 12.9. The van der Waals surface area contributed by atoms with Crippen molar-refractivity contribution in [1.29, 1.82) is 0 Å². The van der Waals surface area contributed by atoms with E-state index in [4.69, 9.17) is 12.2 Å². The molecule has 18 heavy (non-hydrogen) atoms. The lowest BCUT2D eigenvalue weighted by Crippen LogP contribution is -2.36. The number of nitrogens with one attached hydrogen (secondary N) is 1. The van der Waals surface area contributed by atoms with Crippen LogP contribution < -0.4 is 10.2 Å². The van der Waals surface area contributed by atoms with Gasteiger partial charge in [0.1, 0.15) is 0 Å². The first kappa shape index (κ1) is 12.4. The van der Waals surface area contributed by atoms with Crippen LogP contribution in [0.25, 0.3) is 0 Å². The normalized spacial score (nSPS) is 29.2. The van der Waals surface area contributed by atoms with Crippen molar-refractivity contribution in [3.63, 3.8) is 0 Å². The molecule has 0 radical (unpaired) electrons. The average molecular weight is 347 g/mol. The lowest BCUT2D eigenvalue weighted by atomic mass is 10.1. The van der Waals surface area contributed by atoms with Crippen molar-refractivity contribution >= 4 is 48.8 Å². The Kier molecular flexibility index (Phi) is 2.87. The van der Waals surface area contributed by atoms with Crippen LogP contribution in [0.2, 0.25) is 0 Å². The van der Waals surface area contributed by atoms with Gasteiger partial charge in [0.25, 0.3) is 0 Å². The molecule has 2 saturated heterocycles. The van der Waals surface area contributed by atoms with Crippen molar-refractivity contribution in [3.8, 4) is 0 Å². The maximum absolute atomic E-state index is 11.7. The summed E-state index contributed by atoms with van der Waals surface area (Å²) in [5.41, 5.74) is 0.931.